The Balaban J connectivity index is 1.95. The molecular formula is C21H21BrN2O3. The van der Waals surface area contributed by atoms with Gasteiger partial charge in [0, 0.05) is 17.7 Å². The van der Waals surface area contributed by atoms with Crippen LogP contribution in [0.2, 0.25) is 0 Å². The highest BCUT2D eigenvalue weighted by Gasteiger charge is 2.17. The summed E-state index contributed by atoms with van der Waals surface area (Å²) >= 11 is 3.40. The van der Waals surface area contributed by atoms with Crippen molar-refractivity contribution in [3.63, 3.8) is 0 Å². The number of fused-ring (bicyclic) bond motifs is 1. The molecule has 27 heavy (non-hydrogen) atoms. The molecule has 0 aliphatic rings. The van der Waals surface area contributed by atoms with Crippen LogP contribution in [0.5, 0.6) is 5.75 Å². The van der Waals surface area contributed by atoms with E-state index in [0.717, 1.165) is 15.6 Å². The lowest BCUT2D eigenvalue weighted by Crippen LogP contribution is -2.31. The van der Waals surface area contributed by atoms with Gasteiger partial charge >= 0.3 is 0 Å². The number of ether oxygens (including phenoxy) is 1. The first-order chi connectivity index (χ1) is 12.9. The molecule has 1 amide bonds. The van der Waals surface area contributed by atoms with Crippen LogP contribution in [0.25, 0.3) is 10.9 Å². The van der Waals surface area contributed by atoms with Gasteiger partial charge in [-0.05, 0) is 49.7 Å². The van der Waals surface area contributed by atoms with E-state index in [1.807, 2.05) is 57.3 Å². The quantitative estimate of drug-likeness (QED) is 0.662. The second-order valence-corrected chi connectivity index (χ2v) is 7.26. The molecular weight excluding hydrogens is 408 g/mol. The van der Waals surface area contributed by atoms with Crippen molar-refractivity contribution in [1.82, 2.24) is 9.88 Å². The highest BCUT2D eigenvalue weighted by molar-refractivity contribution is 9.10. The number of aromatic nitrogens is 1. The molecule has 3 rings (SSSR count). The predicted octanol–water partition coefficient (Wildman–Crippen LogP) is 4.19. The van der Waals surface area contributed by atoms with Crippen LogP contribution in [0, 0.1) is 0 Å². The van der Waals surface area contributed by atoms with Crippen LogP contribution in [-0.4, -0.2) is 17.1 Å². The first kappa shape index (κ1) is 19.2. The fourth-order valence-electron chi connectivity index (χ4n) is 3.00. The van der Waals surface area contributed by atoms with Crippen LogP contribution >= 0.6 is 15.9 Å². The van der Waals surface area contributed by atoms with E-state index in [2.05, 4.69) is 21.2 Å². The summed E-state index contributed by atoms with van der Waals surface area (Å²) in [5.41, 5.74) is 1.52. The topological polar surface area (TPSA) is 60.3 Å². The molecule has 0 fully saturated rings. The number of aryl methyl sites for hydroxylation is 1. The molecule has 0 aliphatic heterocycles. The Morgan fingerprint density at radius 2 is 1.93 bits per heavy atom. The summed E-state index contributed by atoms with van der Waals surface area (Å²) in [6.45, 7) is 4.28. The SMILES string of the molecule is CCOc1ccc2c(c1)c(=O)c(C(=O)N[C@H](C)c1ccc(Br)cc1)cn2C. The van der Waals surface area contributed by atoms with Crippen LogP contribution in [0.4, 0.5) is 0 Å². The lowest BCUT2D eigenvalue weighted by atomic mass is 10.1. The van der Waals surface area contributed by atoms with E-state index < -0.39 is 5.91 Å². The minimum atomic E-state index is -0.394. The molecule has 0 saturated heterocycles. The molecule has 1 heterocycles. The second kappa shape index (κ2) is 7.96. The van der Waals surface area contributed by atoms with Gasteiger partial charge in [-0.3, -0.25) is 9.59 Å². The molecule has 0 aliphatic carbocycles. The Morgan fingerprint density at radius 3 is 2.59 bits per heavy atom. The number of amides is 1. The van der Waals surface area contributed by atoms with Crippen molar-refractivity contribution in [2.75, 3.05) is 6.61 Å². The average Bonchev–Trinajstić information content (AvgIpc) is 2.65. The van der Waals surface area contributed by atoms with E-state index >= 15 is 0 Å². The first-order valence-corrected chi connectivity index (χ1v) is 9.52. The van der Waals surface area contributed by atoms with E-state index in [0.29, 0.717) is 17.7 Å². The van der Waals surface area contributed by atoms with Crippen LogP contribution in [-0.2, 0) is 7.05 Å². The summed E-state index contributed by atoms with van der Waals surface area (Å²) in [5.74, 6) is 0.220. The zero-order valence-electron chi connectivity index (χ0n) is 15.5. The molecule has 0 radical (unpaired) electrons. The maximum absolute atomic E-state index is 12.9. The maximum Gasteiger partial charge on any atom is 0.257 e. The maximum atomic E-state index is 12.9. The Kier molecular flexibility index (Phi) is 5.65. The molecule has 1 aromatic heterocycles. The van der Waals surface area contributed by atoms with Crippen LogP contribution in [0.1, 0.15) is 35.8 Å². The van der Waals surface area contributed by atoms with Gasteiger partial charge in [0.05, 0.1) is 23.6 Å². The van der Waals surface area contributed by atoms with Crippen LogP contribution in [0.3, 0.4) is 0 Å². The number of carbonyl (C=O) groups is 1. The third kappa shape index (κ3) is 4.06. The number of halogens is 1. The number of rotatable bonds is 5. The fourth-order valence-corrected chi connectivity index (χ4v) is 3.26. The number of nitrogens with zero attached hydrogens (tertiary/aromatic N) is 1. The predicted molar refractivity (Wildman–Crippen MR) is 110 cm³/mol. The van der Waals surface area contributed by atoms with Gasteiger partial charge in [-0.2, -0.15) is 0 Å². The van der Waals surface area contributed by atoms with Crippen molar-refractivity contribution < 1.29 is 9.53 Å². The molecule has 0 unspecified atom stereocenters. The molecule has 0 bridgehead atoms. The summed E-state index contributed by atoms with van der Waals surface area (Å²) in [4.78, 5) is 25.7. The lowest BCUT2D eigenvalue weighted by molar-refractivity contribution is 0.0938. The van der Waals surface area contributed by atoms with Crippen LogP contribution in [0.15, 0.2) is 57.9 Å². The number of benzene rings is 2. The van der Waals surface area contributed by atoms with Gasteiger partial charge < -0.3 is 14.6 Å². The normalized spacial score (nSPS) is 12.0. The Bertz CT molecular complexity index is 1040. The Morgan fingerprint density at radius 1 is 1.22 bits per heavy atom. The van der Waals surface area contributed by atoms with E-state index in [1.165, 1.54) is 0 Å². The van der Waals surface area contributed by atoms with E-state index in [4.69, 9.17) is 4.74 Å². The van der Waals surface area contributed by atoms with Gasteiger partial charge in [-0.25, -0.2) is 0 Å². The molecule has 6 heteroatoms. The molecule has 5 nitrogen and oxygen atoms in total. The average molecular weight is 429 g/mol. The highest BCUT2D eigenvalue weighted by atomic mass is 79.9. The number of hydrogen-bond acceptors (Lipinski definition) is 3. The van der Waals surface area contributed by atoms with Gasteiger partial charge in [0.2, 0.25) is 5.43 Å². The minimum absolute atomic E-state index is 0.114. The standard InChI is InChI=1S/C21H21BrN2O3/c1-4-27-16-9-10-19-17(11-16)20(25)18(12-24(19)3)21(26)23-13(2)14-5-7-15(22)8-6-14/h5-13H,4H2,1-3H3,(H,23,26)/t13-/m1/s1. The summed E-state index contributed by atoms with van der Waals surface area (Å²) in [5, 5.41) is 3.37. The lowest BCUT2D eigenvalue weighted by Gasteiger charge is -2.15. The smallest absolute Gasteiger partial charge is 0.257 e. The Hall–Kier alpha value is -2.60. The van der Waals surface area contributed by atoms with E-state index in [1.54, 1.807) is 16.8 Å². The van der Waals surface area contributed by atoms with Gasteiger partial charge in [0.25, 0.3) is 5.91 Å². The minimum Gasteiger partial charge on any atom is -0.494 e. The fraction of sp³-hybridized carbons (Fsp3) is 0.238. The summed E-state index contributed by atoms with van der Waals surface area (Å²) in [6.07, 6.45) is 1.58. The zero-order valence-corrected chi connectivity index (χ0v) is 17.0. The molecule has 2 aromatic carbocycles. The monoisotopic (exact) mass is 428 g/mol. The van der Waals surface area contributed by atoms with Crippen molar-refractivity contribution in [3.8, 4) is 5.75 Å². The van der Waals surface area contributed by atoms with Gasteiger partial charge in [-0.15, -0.1) is 0 Å². The summed E-state index contributed by atoms with van der Waals surface area (Å²) in [7, 11) is 1.82. The number of carbonyl (C=O) groups excluding carboxylic acids is 1. The van der Waals surface area contributed by atoms with Crippen molar-refractivity contribution in [3.05, 3.63) is 74.5 Å². The number of nitrogens with one attached hydrogen (secondary N) is 1. The van der Waals surface area contributed by atoms with Crippen molar-refractivity contribution in [1.29, 1.82) is 0 Å². The zero-order chi connectivity index (χ0) is 19.6. The molecule has 1 atom stereocenters. The van der Waals surface area contributed by atoms with Gasteiger partial charge in [0.15, 0.2) is 0 Å². The van der Waals surface area contributed by atoms with Crippen LogP contribution < -0.4 is 15.5 Å². The summed E-state index contributed by atoms with van der Waals surface area (Å²) in [6, 6.07) is 12.8. The van der Waals surface area contributed by atoms with Gasteiger partial charge in [-0.1, -0.05) is 28.1 Å². The largest absolute Gasteiger partial charge is 0.494 e. The van der Waals surface area contributed by atoms with Crippen molar-refractivity contribution in [2.24, 2.45) is 7.05 Å². The first-order valence-electron chi connectivity index (χ1n) is 8.73. The molecule has 1 N–H and O–H groups in total. The molecule has 3 aromatic rings. The third-order valence-electron chi connectivity index (χ3n) is 4.43. The molecule has 0 spiro atoms. The van der Waals surface area contributed by atoms with E-state index in [-0.39, 0.29) is 17.0 Å². The molecule has 0 saturated carbocycles. The second-order valence-electron chi connectivity index (χ2n) is 6.34. The highest BCUT2D eigenvalue weighted by Crippen LogP contribution is 2.20. The van der Waals surface area contributed by atoms with Crippen molar-refractivity contribution >= 4 is 32.7 Å². The summed E-state index contributed by atoms with van der Waals surface area (Å²) < 4.78 is 8.24. The Labute approximate surface area is 166 Å². The van der Waals surface area contributed by atoms with Gasteiger partial charge in [0.1, 0.15) is 11.3 Å². The number of pyridine rings is 1. The number of hydrogen-bond donors (Lipinski definition) is 1. The van der Waals surface area contributed by atoms with Crippen molar-refractivity contribution in [2.45, 2.75) is 19.9 Å². The molecule has 140 valence electrons. The van der Waals surface area contributed by atoms with E-state index in [9.17, 15) is 9.59 Å². The third-order valence-corrected chi connectivity index (χ3v) is 4.96.